The van der Waals surface area contributed by atoms with Crippen LogP contribution in [0.1, 0.15) is 10.5 Å². The standard InChI is InChI=1S/C9H6Cl2N4O/c10-5-1-6(12-2-5)9(16)15-8-4-13-7(11)3-14-8/h1-4,12H,(H,14,15,16). The molecule has 0 saturated carbocycles. The number of halogens is 2. The predicted molar refractivity (Wildman–Crippen MR) is 60.8 cm³/mol. The van der Waals surface area contributed by atoms with Crippen LogP contribution in [0.15, 0.2) is 24.7 Å². The number of carbonyl (C=O) groups is 1. The molecule has 2 heterocycles. The maximum atomic E-state index is 11.6. The number of nitrogens with zero attached hydrogens (tertiary/aromatic N) is 2. The summed E-state index contributed by atoms with van der Waals surface area (Å²) in [6, 6.07) is 1.51. The molecule has 2 rings (SSSR count). The van der Waals surface area contributed by atoms with Gasteiger partial charge in [-0.2, -0.15) is 0 Å². The molecule has 0 aromatic carbocycles. The van der Waals surface area contributed by atoms with Crippen LogP contribution < -0.4 is 5.32 Å². The molecule has 0 bridgehead atoms. The van der Waals surface area contributed by atoms with Crippen molar-refractivity contribution >= 4 is 34.9 Å². The van der Waals surface area contributed by atoms with E-state index in [0.29, 0.717) is 16.5 Å². The molecule has 0 saturated heterocycles. The van der Waals surface area contributed by atoms with Gasteiger partial charge >= 0.3 is 0 Å². The topological polar surface area (TPSA) is 70.7 Å². The zero-order valence-electron chi connectivity index (χ0n) is 7.87. The molecule has 0 fully saturated rings. The lowest BCUT2D eigenvalue weighted by Gasteiger charge is -2.01. The van der Waals surface area contributed by atoms with Gasteiger partial charge in [-0.1, -0.05) is 23.2 Å². The number of amides is 1. The van der Waals surface area contributed by atoms with E-state index in [1.165, 1.54) is 24.7 Å². The SMILES string of the molecule is O=C(Nc1cnc(Cl)cn1)c1cc(Cl)c[nH]1. The number of H-pyrrole nitrogens is 1. The van der Waals surface area contributed by atoms with Crippen molar-refractivity contribution in [3.8, 4) is 0 Å². The van der Waals surface area contributed by atoms with E-state index in [9.17, 15) is 4.79 Å². The molecule has 0 atom stereocenters. The van der Waals surface area contributed by atoms with Gasteiger partial charge in [0, 0.05) is 6.20 Å². The monoisotopic (exact) mass is 256 g/mol. The third-order valence-electron chi connectivity index (χ3n) is 1.75. The Balaban J connectivity index is 2.10. The number of carbonyl (C=O) groups excluding carboxylic acids is 1. The highest BCUT2D eigenvalue weighted by Crippen LogP contribution is 2.11. The van der Waals surface area contributed by atoms with Crippen LogP contribution in [0, 0.1) is 0 Å². The number of hydrogen-bond donors (Lipinski definition) is 2. The number of aromatic nitrogens is 3. The third-order valence-corrected chi connectivity index (χ3v) is 2.17. The Kier molecular flexibility index (Phi) is 3.07. The van der Waals surface area contributed by atoms with Crippen LogP contribution >= 0.6 is 23.2 Å². The fourth-order valence-electron chi connectivity index (χ4n) is 1.06. The van der Waals surface area contributed by atoms with Crippen LogP contribution in [0.5, 0.6) is 0 Å². The van der Waals surface area contributed by atoms with E-state index >= 15 is 0 Å². The first-order chi connectivity index (χ1) is 7.65. The van der Waals surface area contributed by atoms with Crippen molar-refractivity contribution < 1.29 is 4.79 Å². The minimum atomic E-state index is -0.344. The fraction of sp³-hybridized carbons (Fsp3) is 0. The van der Waals surface area contributed by atoms with Gasteiger partial charge in [-0.05, 0) is 6.07 Å². The molecular weight excluding hydrogens is 251 g/mol. The average molecular weight is 257 g/mol. The number of nitrogens with one attached hydrogen (secondary N) is 2. The van der Waals surface area contributed by atoms with Crippen molar-refractivity contribution in [1.82, 2.24) is 15.0 Å². The normalized spacial score (nSPS) is 10.1. The lowest BCUT2D eigenvalue weighted by molar-refractivity contribution is 0.102. The Morgan fingerprint density at radius 3 is 2.69 bits per heavy atom. The number of hydrogen-bond acceptors (Lipinski definition) is 3. The fourth-order valence-corrected chi connectivity index (χ4v) is 1.32. The molecule has 16 heavy (non-hydrogen) atoms. The minimum Gasteiger partial charge on any atom is -0.356 e. The van der Waals surface area contributed by atoms with Gasteiger partial charge in [0.1, 0.15) is 10.8 Å². The number of aromatic amines is 1. The molecule has 0 aliphatic heterocycles. The van der Waals surface area contributed by atoms with Gasteiger partial charge in [0.2, 0.25) is 0 Å². The Labute approximate surface area is 101 Å². The van der Waals surface area contributed by atoms with Crippen LogP contribution in [0.2, 0.25) is 10.2 Å². The molecule has 1 amide bonds. The van der Waals surface area contributed by atoms with Gasteiger partial charge < -0.3 is 10.3 Å². The number of anilines is 1. The van der Waals surface area contributed by atoms with E-state index in [1.807, 2.05) is 0 Å². The second-order valence-corrected chi connectivity index (χ2v) is 3.73. The van der Waals surface area contributed by atoms with E-state index in [0.717, 1.165) is 0 Å². The zero-order valence-corrected chi connectivity index (χ0v) is 9.38. The number of rotatable bonds is 2. The van der Waals surface area contributed by atoms with Crippen molar-refractivity contribution in [2.75, 3.05) is 5.32 Å². The summed E-state index contributed by atoms with van der Waals surface area (Å²) in [6.45, 7) is 0. The maximum Gasteiger partial charge on any atom is 0.273 e. The summed E-state index contributed by atoms with van der Waals surface area (Å²) in [4.78, 5) is 22.0. The Hall–Kier alpha value is -1.59. The van der Waals surface area contributed by atoms with Crippen molar-refractivity contribution in [2.24, 2.45) is 0 Å². The van der Waals surface area contributed by atoms with E-state index in [-0.39, 0.29) is 11.1 Å². The van der Waals surface area contributed by atoms with Gasteiger partial charge in [-0.25, -0.2) is 9.97 Å². The average Bonchev–Trinajstić information content (AvgIpc) is 2.68. The Morgan fingerprint density at radius 1 is 1.31 bits per heavy atom. The van der Waals surface area contributed by atoms with Crippen LogP contribution in [0.4, 0.5) is 5.82 Å². The molecule has 2 aromatic rings. The van der Waals surface area contributed by atoms with E-state index in [4.69, 9.17) is 23.2 Å². The molecule has 0 unspecified atom stereocenters. The summed E-state index contributed by atoms with van der Waals surface area (Å²) in [5.74, 6) is -0.0244. The van der Waals surface area contributed by atoms with E-state index in [2.05, 4.69) is 20.3 Å². The van der Waals surface area contributed by atoms with Crippen molar-refractivity contribution in [1.29, 1.82) is 0 Å². The van der Waals surface area contributed by atoms with Gasteiger partial charge in [-0.15, -0.1) is 0 Å². The Bertz CT molecular complexity index is 508. The zero-order chi connectivity index (χ0) is 11.5. The quantitative estimate of drug-likeness (QED) is 0.867. The summed E-state index contributed by atoms with van der Waals surface area (Å²) < 4.78 is 0. The molecule has 82 valence electrons. The molecule has 0 spiro atoms. The van der Waals surface area contributed by atoms with Gasteiger partial charge in [0.05, 0.1) is 17.4 Å². The molecule has 2 N–H and O–H groups in total. The summed E-state index contributed by atoms with van der Waals surface area (Å²) >= 11 is 11.2. The summed E-state index contributed by atoms with van der Waals surface area (Å²) in [7, 11) is 0. The highest BCUT2D eigenvalue weighted by Gasteiger charge is 2.08. The largest absolute Gasteiger partial charge is 0.356 e. The summed E-state index contributed by atoms with van der Waals surface area (Å²) in [5.41, 5.74) is 0.349. The van der Waals surface area contributed by atoms with Crippen LogP contribution in [-0.2, 0) is 0 Å². The van der Waals surface area contributed by atoms with Gasteiger partial charge in [0.15, 0.2) is 5.82 Å². The minimum absolute atomic E-state index is 0.265. The lowest BCUT2D eigenvalue weighted by Crippen LogP contribution is -2.13. The maximum absolute atomic E-state index is 11.6. The van der Waals surface area contributed by atoms with Crippen LogP contribution in [-0.4, -0.2) is 20.9 Å². The van der Waals surface area contributed by atoms with Crippen molar-refractivity contribution in [3.05, 3.63) is 40.5 Å². The molecular formula is C9H6Cl2N4O. The van der Waals surface area contributed by atoms with E-state index in [1.54, 1.807) is 0 Å². The highest BCUT2D eigenvalue weighted by molar-refractivity contribution is 6.31. The Morgan fingerprint density at radius 2 is 2.12 bits per heavy atom. The summed E-state index contributed by atoms with van der Waals surface area (Å²) in [6.07, 6.45) is 4.23. The highest BCUT2D eigenvalue weighted by atomic mass is 35.5. The lowest BCUT2D eigenvalue weighted by atomic mass is 10.4. The van der Waals surface area contributed by atoms with Gasteiger partial charge in [-0.3, -0.25) is 4.79 Å². The summed E-state index contributed by atoms with van der Waals surface area (Å²) in [5, 5.41) is 3.27. The smallest absolute Gasteiger partial charge is 0.273 e. The first-order valence-electron chi connectivity index (χ1n) is 4.28. The first-order valence-corrected chi connectivity index (χ1v) is 5.03. The molecule has 2 aromatic heterocycles. The molecule has 0 aliphatic rings. The molecule has 5 nitrogen and oxygen atoms in total. The second-order valence-electron chi connectivity index (χ2n) is 2.91. The first kappa shape index (κ1) is 10.9. The predicted octanol–water partition coefficient (Wildman–Crippen LogP) is 2.36. The van der Waals surface area contributed by atoms with Crippen LogP contribution in [0.3, 0.4) is 0 Å². The molecule has 0 radical (unpaired) electrons. The van der Waals surface area contributed by atoms with Gasteiger partial charge in [0.25, 0.3) is 5.91 Å². The second kappa shape index (κ2) is 4.51. The van der Waals surface area contributed by atoms with E-state index < -0.39 is 0 Å². The van der Waals surface area contributed by atoms with Crippen molar-refractivity contribution in [3.63, 3.8) is 0 Å². The molecule has 0 aliphatic carbocycles. The van der Waals surface area contributed by atoms with Crippen molar-refractivity contribution in [2.45, 2.75) is 0 Å². The van der Waals surface area contributed by atoms with Crippen LogP contribution in [0.25, 0.3) is 0 Å². The third kappa shape index (κ3) is 2.50. The molecule has 7 heteroatoms.